The summed E-state index contributed by atoms with van der Waals surface area (Å²) in [5.41, 5.74) is 4.63. The van der Waals surface area contributed by atoms with Crippen molar-refractivity contribution in [2.45, 2.75) is 38.4 Å². The third-order valence-corrected chi connectivity index (χ3v) is 6.02. The molecule has 0 radical (unpaired) electrons. The van der Waals surface area contributed by atoms with Gasteiger partial charge in [-0.2, -0.15) is 0 Å². The minimum absolute atomic E-state index is 0.577. The number of hydrogen-bond acceptors (Lipinski definition) is 3. The SMILES string of the molecule is CC(C)(O)c1ccccc1CC[C@@H](O)c1cccc(/C=C/c2ccc3ccc(Cl)cc3n2)c1. The van der Waals surface area contributed by atoms with Crippen molar-refractivity contribution in [3.05, 3.63) is 112 Å². The van der Waals surface area contributed by atoms with Crippen LogP contribution in [0.15, 0.2) is 78.9 Å². The molecule has 0 aliphatic rings. The molecule has 0 saturated carbocycles. The molecule has 4 heteroatoms. The largest absolute Gasteiger partial charge is 0.388 e. The van der Waals surface area contributed by atoms with E-state index < -0.39 is 11.7 Å². The molecule has 0 aliphatic heterocycles. The molecule has 168 valence electrons. The number of aryl methyl sites for hydroxylation is 1. The number of benzene rings is 3. The van der Waals surface area contributed by atoms with E-state index in [0.29, 0.717) is 17.9 Å². The van der Waals surface area contributed by atoms with Gasteiger partial charge in [0.1, 0.15) is 0 Å². The molecule has 0 fully saturated rings. The Morgan fingerprint density at radius 2 is 1.73 bits per heavy atom. The fourth-order valence-corrected chi connectivity index (χ4v) is 4.21. The number of rotatable bonds is 7. The Balaban J connectivity index is 1.47. The van der Waals surface area contributed by atoms with Crippen LogP contribution in [0.4, 0.5) is 0 Å². The Morgan fingerprint density at radius 1 is 0.939 bits per heavy atom. The lowest BCUT2D eigenvalue weighted by Gasteiger charge is -2.22. The first-order chi connectivity index (χ1) is 15.8. The van der Waals surface area contributed by atoms with E-state index in [4.69, 9.17) is 11.6 Å². The quantitative estimate of drug-likeness (QED) is 0.315. The van der Waals surface area contributed by atoms with E-state index in [1.165, 1.54) is 0 Å². The van der Waals surface area contributed by atoms with Crippen LogP contribution >= 0.6 is 11.6 Å². The van der Waals surface area contributed by atoms with Crippen LogP contribution in [0, 0.1) is 0 Å². The van der Waals surface area contributed by atoms with Crippen LogP contribution in [0.2, 0.25) is 5.02 Å². The number of nitrogens with zero attached hydrogens (tertiary/aromatic N) is 1. The number of hydrogen-bond donors (Lipinski definition) is 2. The van der Waals surface area contributed by atoms with Gasteiger partial charge in [-0.05, 0) is 79.3 Å². The van der Waals surface area contributed by atoms with Gasteiger partial charge in [-0.25, -0.2) is 4.98 Å². The van der Waals surface area contributed by atoms with Gasteiger partial charge >= 0.3 is 0 Å². The van der Waals surface area contributed by atoms with Gasteiger partial charge in [-0.15, -0.1) is 0 Å². The minimum atomic E-state index is -0.908. The molecule has 1 atom stereocenters. The Labute approximate surface area is 200 Å². The summed E-state index contributed by atoms with van der Waals surface area (Å²) in [4.78, 5) is 4.66. The van der Waals surface area contributed by atoms with Crippen molar-refractivity contribution in [2.24, 2.45) is 0 Å². The monoisotopic (exact) mass is 457 g/mol. The molecule has 0 bridgehead atoms. The zero-order valence-corrected chi connectivity index (χ0v) is 19.6. The van der Waals surface area contributed by atoms with Crippen LogP contribution in [0.3, 0.4) is 0 Å². The standard InChI is InChI=1S/C29H28ClNO2/c1-29(2,33)26-9-4-3-7-21(26)13-17-28(32)23-8-5-6-20(18-23)10-15-25-16-12-22-11-14-24(30)19-27(22)31-25/h3-12,14-16,18-19,28,32-33H,13,17H2,1-2H3/b15-10+/t28-/m1/s1. The number of halogens is 1. The van der Waals surface area contributed by atoms with E-state index >= 15 is 0 Å². The van der Waals surface area contributed by atoms with E-state index in [0.717, 1.165) is 38.9 Å². The van der Waals surface area contributed by atoms with Crippen molar-refractivity contribution in [3.8, 4) is 0 Å². The number of fused-ring (bicyclic) bond motifs is 1. The zero-order valence-electron chi connectivity index (χ0n) is 18.9. The highest BCUT2D eigenvalue weighted by molar-refractivity contribution is 6.31. The molecule has 3 nitrogen and oxygen atoms in total. The van der Waals surface area contributed by atoms with E-state index in [1.807, 2.05) is 91.0 Å². The van der Waals surface area contributed by atoms with Crippen LogP contribution < -0.4 is 0 Å². The summed E-state index contributed by atoms with van der Waals surface area (Å²) in [6, 6.07) is 25.5. The maximum atomic E-state index is 10.8. The van der Waals surface area contributed by atoms with Crippen LogP contribution in [0.5, 0.6) is 0 Å². The summed E-state index contributed by atoms with van der Waals surface area (Å²) < 4.78 is 0. The third kappa shape index (κ3) is 5.88. The molecule has 0 saturated heterocycles. The fraction of sp³-hybridized carbons (Fsp3) is 0.207. The second kappa shape index (κ2) is 9.88. The first-order valence-corrected chi connectivity index (χ1v) is 11.5. The minimum Gasteiger partial charge on any atom is -0.388 e. The van der Waals surface area contributed by atoms with Crippen molar-refractivity contribution in [3.63, 3.8) is 0 Å². The fourth-order valence-electron chi connectivity index (χ4n) is 4.04. The highest BCUT2D eigenvalue weighted by Crippen LogP contribution is 2.27. The first kappa shape index (κ1) is 23.2. The van der Waals surface area contributed by atoms with Gasteiger partial charge in [0, 0.05) is 10.4 Å². The second-order valence-corrected chi connectivity index (χ2v) is 9.28. The van der Waals surface area contributed by atoms with Gasteiger partial charge in [-0.3, -0.25) is 0 Å². The molecule has 0 unspecified atom stereocenters. The summed E-state index contributed by atoms with van der Waals surface area (Å²) in [5.74, 6) is 0. The summed E-state index contributed by atoms with van der Waals surface area (Å²) in [5, 5.41) is 23.0. The molecule has 4 rings (SSSR count). The van der Waals surface area contributed by atoms with Gasteiger partial charge in [0.2, 0.25) is 0 Å². The first-order valence-electron chi connectivity index (χ1n) is 11.1. The van der Waals surface area contributed by atoms with E-state index in [-0.39, 0.29) is 0 Å². The van der Waals surface area contributed by atoms with Crippen molar-refractivity contribution < 1.29 is 10.2 Å². The lowest BCUT2D eigenvalue weighted by atomic mass is 9.90. The highest BCUT2D eigenvalue weighted by atomic mass is 35.5. The second-order valence-electron chi connectivity index (χ2n) is 8.85. The summed E-state index contributed by atoms with van der Waals surface area (Å²) >= 11 is 6.09. The van der Waals surface area contributed by atoms with Crippen molar-refractivity contribution >= 4 is 34.7 Å². The molecule has 1 aromatic heterocycles. The average Bonchev–Trinajstić information content (AvgIpc) is 2.80. The molecule has 2 N–H and O–H groups in total. The lowest BCUT2D eigenvalue weighted by Crippen LogP contribution is -2.18. The molecular formula is C29H28ClNO2. The topological polar surface area (TPSA) is 53.4 Å². The van der Waals surface area contributed by atoms with Gasteiger partial charge < -0.3 is 10.2 Å². The Morgan fingerprint density at radius 3 is 2.55 bits per heavy atom. The molecule has 1 heterocycles. The maximum Gasteiger partial charge on any atom is 0.0843 e. The van der Waals surface area contributed by atoms with Crippen molar-refractivity contribution in [1.29, 1.82) is 0 Å². The Bertz CT molecular complexity index is 1290. The number of aromatic nitrogens is 1. The Kier molecular flexibility index (Phi) is 6.94. The third-order valence-electron chi connectivity index (χ3n) is 5.78. The van der Waals surface area contributed by atoms with Crippen molar-refractivity contribution in [1.82, 2.24) is 4.98 Å². The Hall–Kier alpha value is -2.98. The summed E-state index contributed by atoms with van der Waals surface area (Å²) in [7, 11) is 0. The normalized spacial score (nSPS) is 13.0. The van der Waals surface area contributed by atoms with Crippen LogP contribution in [-0.2, 0) is 12.0 Å². The summed E-state index contributed by atoms with van der Waals surface area (Å²) in [6.07, 6.45) is 4.64. The van der Waals surface area contributed by atoms with E-state index in [1.54, 1.807) is 13.8 Å². The number of pyridine rings is 1. The zero-order chi connectivity index (χ0) is 23.4. The van der Waals surface area contributed by atoms with Crippen LogP contribution in [-0.4, -0.2) is 15.2 Å². The van der Waals surface area contributed by atoms with Crippen molar-refractivity contribution in [2.75, 3.05) is 0 Å². The van der Waals surface area contributed by atoms with Crippen LogP contribution in [0.25, 0.3) is 23.1 Å². The molecular weight excluding hydrogens is 430 g/mol. The van der Waals surface area contributed by atoms with E-state index in [9.17, 15) is 10.2 Å². The molecule has 0 aliphatic carbocycles. The predicted octanol–water partition coefficient (Wildman–Crippen LogP) is 6.95. The van der Waals surface area contributed by atoms with E-state index in [2.05, 4.69) is 4.98 Å². The van der Waals surface area contributed by atoms with Crippen LogP contribution in [0.1, 0.15) is 54.3 Å². The van der Waals surface area contributed by atoms with Gasteiger partial charge in [0.25, 0.3) is 0 Å². The lowest BCUT2D eigenvalue weighted by molar-refractivity contribution is 0.0772. The smallest absolute Gasteiger partial charge is 0.0843 e. The summed E-state index contributed by atoms with van der Waals surface area (Å²) in [6.45, 7) is 3.58. The average molecular weight is 458 g/mol. The molecule has 0 amide bonds. The number of aliphatic hydroxyl groups excluding tert-OH is 1. The van der Waals surface area contributed by atoms with Gasteiger partial charge in [-0.1, -0.05) is 72.3 Å². The maximum absolute atomic E-state index is 10.8. The molecule has 33 heavy (non-hydrogen) atoms. The molecule has 4 aromatic rings. The highest BCUT2D eigenvalue weighted by Gasteiger charge is 2.20. The number of aliphatic hydroxyl groups is 2. The van der Waals surface area contributed by atoms with Gasteiger partial charge in [0.15, 0.2) is 0 Å². The van der Waals surface area contributed by atoms with Gasteiger partial charge in [0.05, 0.1) is 22.9 Å². The predicted molar refractivity (Wildman–Crippen MR) is 137 cm³/mol. The molecule has 3 aromatic carbocycles. The molecule has 0 spiro atoms.